The zero-order chi connectivity index (χ0) is 19.9. The van der Waals surface area contributed by atoms with Crippen LogP contribution in [0.4, 0.5) is 0 Å². The number of nitrogens with one attached hydrogen (secondary N) is 1. The predicted octanol–water partition coefficient (Wildman–Crippen LogP) is 5.75. The average Bonchev–Trinajstić information content (AvgIpc) is 2.68. The Morgan fingerprint density at radius 3 is 2.68 bits per heavy atom. The Morgan fingerprint density at radius 2 is 1.93 bits per heavy atom. The highest BCUT2D eigenvalue weighted by molar-refractivity contribution is 9.10. The number of hydrogen-bond donors (Lipinski definition) is 1. The summed E-state index contributed by atoms with van der Waals surface area (Å²) < 4.78 is 6.79. The van der Waals surface area contributed by atoms with Gasteiger partial charge in [-0.05, 0) is 48.4 Å². The zero-order valence-electron chi connectivity index (χ0n) is 15.2. The Labute approximate surface area is 177 Å². The second-order valence-electron chi connectivity index (χ2n) is 6.14. The third kappa shape index (κ3) is 5.44. The molecule has 3 aromatic carbocycles. The van der Waals surface area contributed by atoms with Crippen molar-refractivity contribution in [2.24, 2.45) is 5.10 Å². The summed E-state index contributed by atoms with van der Waals surface area (Å²) in [7, 11) is 0. The molecule has 0 spiro atoms. The van der Waals surface area contributed by atoms with Gasteiger partial charge in [0.2, 0.25) is 0 Å². The molecule has 4 nitrogen and oxygen atoms in total. The van der Waals surface area contributed by atoms with Crippen LogP contribution >= 0.6 is 27.5 Å². The molecule has 0 atom stereocenters. The molecule has 0 aliphatic heterocycles. The van der Waals surface area contributed by atoms with Crippen molar-refractivity contribution in [3.05, 3.63) is 98.5 Å². The molecule has 0 heterocycles. The predicted molar refractivity (Wildman–Crippen MR) is 116 cm³/mol. The van der Waals surface area contributed by atoms with Crippen LogP contribution in [0.15, 0.2) is 76.3 Å². The van der Waals surface area contributed by atoms with E-state index in [0.29, 0.717) is 22.9 Å². The van der Waals surface area contributed by atoms with E-state index in [1.165, 1.54) is 0 Å². The maximum absolute atomic E-state index is 12.3. The second kappa shape index (κ2) is 9.53. The molecule has 1 amide bonds. The first-order valence-corrected chi connectivity index (χ1v) is 9.76. The number of carbonyl (C=O) groups is 1. The lowest BCUT2D eigenvalue weighted by molar-refractivity contribution is 0.0955. The highest BCUT2D eigenvalue weighted by Gasteiger charge is 2.09. The normalized spacial score (nSPS) is 10.8. The van der Waals surface area contributed by atoms with Gasteiger partial charge in [0.15, 0.2) is 0 Å². The van der Waals surface area contributed by atoms with E-state index < -0.39 is 0 Å². The summed E-state index contributed by atoms with van der Waals surface area (Å²) in [5, 5.41) is 4.44. The number of halogens is 2. The number of aryl methyl sites for hydroxylation is 1. The van der Waals surface area contributed by atoms with E-state index in [-0.39, 0.29) is 5.91 Å². The summed E-state index contributed by atoms with van der Waals surface area (Å²) in [6, 6.07) is 20.8. The van der Waals surface area contributed by atoms with E-state index in [0.717, 1.165) is 21.2 Å². The standard InChI is InChI=1S/C22H18BrClN2O2/c1-15-7-9-19(20(24)11-15)22(27)26-25-13-17-12-18(23)8-10-21(17)28-14-16-5-3-2-4-6-16/h2-13H,14H2,1H3,(H,26,27)/b25-13+. The molecule has 28 heavy (non-hydrogen) atoms. The Morgan fingerprint density at radius 1 is 1.14 bits per heavy atom. The number of amides is 1. The minimum absolute atomic E-state index is 0.372. The van der Waals surface area contributed by atoms with Crippen LogP contribution in [0, 0.1) is 6.92 Å². The van der Waals surface area contributed by atoms with Crippen LogP contribution in [0.1, 0.15) is 27.0 Å². The highest BCUT2D eigenvalue weighted by atomic mass is 79.9. The fourth-order valence-corrected chi connectivity index (χ4v) is 3.21. The van der Waals surface area contributed by atoms with Crippen LogP contribution in [0.25, 0.3) is 0 Å². The molecular weight excluding hydrogens is 440 g/mol. The Balaban J connectivity index is 1.70. The number of rotatable bonds is 6. The second-order valence-corrected chi connectivity index (χ2v) is 7.46. The number of carbonyl (C=O) groups excluding carboxylic acids is 1. The third-order valence-electron chi connectivity index (χ3n) is 3.95. The number of benzene rings is 3. The van der Waals surface area contributed by atoms with Crippen molar-refractivity contribution in [3.8, 4) is 5.75 Å². The van der Waals surface area contributed by atoms with E-state index in [2.05, 4.69) is 26.5 Å². The lowest BCUT2D eigenvalue weighted by Gasteiger charge is -2.10. The van der Waals surface area contributed by atoms with Crippen LogP contribution in [0.2, 0.25) is 5.02 Å². The molecule has 0 unspecified atom stereocenters. The van der Waals surface area contributed by atoms with Crippen LogP contribution in [-0.4, -0.2) is 12.1 Å². The van der Waals surface area contributed by atoms with Crippen molar-refractivity contribution in [2.45, 2.75) is 13.5 Å². The van der Waals surface area contributed by atoms with Crippen LogP contribution in [0.3, 0.4) is 0 Å². The molecule has 0 bridgehead atoms. The minimum Gasteiger partial charge on any atom is -0.488 e. The molecular formula is C22H18BrClN2O2. The SMILES string of the molecule is Cc1ccc(C(=O)N/N=C/c2cc(Br)ccc2OCc2ccccc2)c(Cl)c1. The van der Waals surface area contributed by atoms with E-state index in [1.54, 1.807) is 18.3 Å². The summed E-state index contributed by atoms with van der Waals surface area (Å²) in [4.78, 5) is 12.3. The maximum atomic E-state index is 12.3. The lowest BCUT2D eigenvalue weighted by Crippen LogP contribution is -2.18. The van der Waals surface area contributed by atoms with Gasteiger partial charge in [-0.15, -0.1) is 0 Å². The fraction of sp³-hybridized carbons (Fsp3) is 0.0909. The van der Waals surface area contributed by atoms with Crippen molar-refractivity contribution in [1.82, 2.24) is 5.43 Å². The molecule has 0 aliphatic carbocycles. The van der Waals surface area contributed by atoms with Gasteiger partial charge in [-0.1, -0.05) is 63.9 Å². The van der Waals surface area contributed by atoms with Crippen LogP contribution in [-0.2, 0) is 6.61 Å². The monoisotopic (exact) mass is 456 g/mol. The fourth-order valence-electron chi connectivity index (χ4n) is 2.51. The van der Waals surface area contributed by atoms with Gasteiger partial charge >= 0.3 is 0 Å². The van der Waals surface area contributed by atoms with E-state index in [4.69, 9.17) is 16.3 Å². The molecule has 0 saturated carbocycles. The molecule has 0 aliphatic rings. The zero-order valence-corrected chi connectivity index (χ0v) is 17.5. The van der Waals surface area contributed by atoms with Crippen molar-refractivity contribution < 1.29 is 9.53 Å². The van der Waals surface area contributed by atoms with Gasteiger partial charge in [0.25, 0.3) is 5.91 Å². The Bertz CT molecular complexity index is 1010. The molecule has 0 fully saturated rings. The quantitative estimate of drug-likeness (QED) is 0.378. The number of nitrogens with zero attached hydrogens (tertiary/aromatic N) is 1. The molecule has 142 valence electrons. The van der Waals surface area contributed by atoms with Gasteiger partial charge in [0.1, 0.15) is 12.4 Å². The Kier molecular flexibility index (Phi) is 6.85. The third-order valence-corrected chi connectivity index (χ3v) is 4.75. The molecule has 0 saturated heterocycles. The van der Waals surface area contributed by atoms with E-state index in [9.17, 15) is 4.79 Å². The van der Waals surface area contributed by atoms with Gasteiger partial charge < -0.3 is 4.74 Å². The first-order chi connectivity index (χ1) is 13.5. The summed E-state index contributed by atoms with van der Waals surface area (Å²) in [6.07, 6.45) is 1.55. The topological polar surface area (TPSA) is 50.7 Å². The summed E-state index contributed by atoms with van der Waals surface area (Å²) >= 11 is 9.57. The molecule has 3 aromatic rings. The smallest absolute Gasteiger partial charge is 0.272 e. The summed E-state index contributed by atoms with van der Waals surface area (Å²) in [5.74, 6) is 0.293. The Hall–Kier alpha value is -2.63. The lowest BCUT2D eigenvalue weighted by atomic mass is 10.1. The first kappa shape index (κ1) is 20.1. The number of ether oxygens (including phenoxy) is 1. The van der Waals surface area contributed by atoms with E-state index >= 15 is 0 Å². The van der Waals surface area contributed by atoms with Gasteiger partial charge in [-0.25, -0.2) is 5.43 Å². The van der Waals surface area contributed by atoms with Crippen molar-refractivity contribution in [2.75, 3.05) is 0 Å². The summed E-state index contributed by atoms with van der Waals surface area (Å²) in [6.45, 7) is 2.35. The minimum atomic E-state index is -0.372. The average molecular weight is 458 g/mol. The molecule has 0 radical (unpaired) electrons. The van der Waals surface area contributed by atoms with Gasteiger partial charge in [-0.2, -0.15) is 5.10 Å². The number of hydrogen-bond acceptors (Lipinski definition) is 3. The van der Waals surface area contributed by atoms with Crippen molar-refractivity contribution >= 4 is 39.7 Å². The molecule has 3 rings (SSSR count). The molecule has 1 N–H and O–H groups in total. The largest absolute Gasteiger partial charge is 0.488 e. The van der Waals surface area contributed by atoms with Gasteiger partial charge in [0, 0.05) is 10.0 Å². The first-order valence-electron chi connectivity index (χ1n) is 8.59. The summed E-state index contributed by atoms with van der Waals surface area (Å²) in [5.41, 5.74) is 5.67. The maximum Gasteiger partial charge on any atom is 0.272 e. The van der Waals surface area contributed by atoms with Crippen LogP contribution < -0.4 is 10.2 Å². The molecule has 0 aromatic heterocycles. The van der Waals surface area contributed by atoms with Crippen molar-refractivity contribution in [3.63, 3.8) is 0 Å². The van der Waals surface area contributed by atoms with Crippen molar-refractivity contribution in [1.29, 1.82) is 0 Å². The van der Waals surface area contributed by atoms with E-state index in [1.807, 2.05) is 61.5 Å². The van der Waals surface area contributed by atoms with Gasteiger partial charge in [0.05, 0.1) is 16.8 Å². The van der Waals surface area contributed by atoms with Crippen LogP contribution in [0.5, 0.6) is 5.75 Å². The molecule has 6 heteroatoms. The number of hydrazone groups is 1. The van der Waals surface area contributed by atoms with Gasteiger partial charge in [-0.3, -0.25) is 4.79 Å². The highest BCUT2D eigenvalue weighted by Crippen LogP contribution is 2.23.